The fourth-order valence-corrected chi connectivity index (χ4v) is 4.74. The molecule has 3 rings (SSSR count). The number of aromatic nitrogens is 1. The molecular formula is C15H14BrN3O4S. The molecule has 126 valence electrons. The third kappa shape index (κ3) is 3.28. The number of halogens is 1. The maximum Gasteiger partial charge on any atom is 0.267 e. The number of hydrogen-bond acceptors (Lipinski definition) is 5. The summed E-state index contributed by atoms with van der Waals surface area (Å²) in [5, 5.41) is 0. The average Bonchev–Trinajstić information content (AvgIpc) is 2.50. The van der Waals surface area contributed by atoms with Gasteiger partial charge in [-0.05, 0) is 34.1 Å². The Balaban J connectivity index is 1.66. The van der Waals surface area contributed by atoms with Crippen molar-refractivity contribution in [2.75, 3.05) is 13.1 Å². The molecule has 0 bridgehead atoms. The topological polar surface area (TPSA) is 103 Å². The van der Waals surface area contributed by atoms with Crippen LogP contribution in [0.25, 0.3) is 0 Å². The van der Waals surface area contributed by atoms with Crippen LogP contribution in [0.15, 0.2) is 52.0 Å². The second kappa shape index (κ2) is 6.50. The van der Waals surface area contributed by atoms with Crippen LogP contribution in [-0.4, -0.2) is 42.8 Å². The predicted molar refractivity (Wildman–Crippen MR) is 90.1 cm³/mol. The number of carbonyl (C=O) groups is 1. The van der Waals surface area contributed by atoms with Gasteiger partial charge in [-0.25, -0.2) is 8.42 Å². The molecule has 2 aromatic rings. The Morgan fingerprint density at radius 3 is 2.67 bits per heavy atom. The largest absolute Gasteiger partial charge is 0.488 e. The smallest absolute Gasteiger partial charge is 0.267 e. The highest BCUT2D eigenvalue weighted by Gasteiger charge is 2.38. The Bertz CT molecular complexity index is 882. The Hall–Kier alpha value is -1.97. The molecule has 1 amide bonds. The van der Waals surface area contributed by atoms with Crippen molar-refractivity contribution in [3.8, 4) is 5.75 Å². The molecule has 1 aromatic carbocycles. The summed E-state index contributed by atoms with van der Waals surface area (Å²) in [4.78, 5) is 15.2. The molecule has 2 N–H and O–H groups in total. The van der Waals surface area contributed by atoms with Crippen LogP contribution in [0.1, 0.15) is 10.5 Å². The Labute approximate surface area is 147 Å². The first-order chi connectivity index (χ1) is 11.4. The third-order valence-corrected chi connectivity index (χ3v) is 6.40. The van der Waals surface area contributed by atoms with Crippen molar-refractivity contribution in [3.63, 3.8) is 0 Å². The van der Waals surface area contributed by atoms with Gasteiger partial charge in [-0.15, -0.1) is 0 Å². The molecular weight excluding hydrogens is 398 g/mol. The summed E-state index contributed by atoms with van der Waals surface area (Å²) >= 11 is 3.26. The second-order valence-electron chi connectivity index (χ2n) is 5.23. The summed E-state index contributed by atoms with van der Waals surface area (Å²) < 4.78 is 32.6. The summed E-state index contributed by atoms with van der Waals surface area (Å²) in [7, 11) is -3.56. The number of primary amides is 1. The molecule has 0 spiro atoms. The molecule has 1 saturated heterocycles. The second-order valence-corrected chi connectivity index (χ2v) is 7.99. The minimum absolute atomic E-state index is 0.101. The fourth-order valence-electron chi connectivity index (χ4n) is 2.28. The van der Waals surface area contributed by atoms with E-state index in [-0.39, 0.29) is 29.8 Å². The maximum absolute atomic E-state index is 12.5. The minimum Gasteiger partial charge on any atom is -0.488 e. The lowest BCUT2D eigenvalue weighted by atomic mass is 10.2. The van der Waals surface area contributed by atoms with Crippen molar-refractivity contribution in [2.45, 2.75) is 11.0 Å². The molecule has 0 saturated carbocycles. The molecule has 0 unspecified atom stereocenters. The molecule has 0 radical (unpaired) electrons. The lowest BCUT2D eigenvalue weighted by Gasteiger charge is -2.37. The maximum atomic E-state index is 12.5. The van der Waals surface area contributed by atoms with E-state index in [9.17, 15) is 13.2 Å². The van der Waals surface area contributed by atoms with Crippen LogP contribution in [0.4, 0.5) is 0 Å². The van der Waals surface area contributed by atoms with Gasteiger partial charge in [0.15, 0.2) is 0 Å². The number of carbonyl (C=O) groups excluding carboxylic acids is 1. The number of ether oxygens (including phenoxy) is 1. The van der Waals surface area contributed by atoms with Crippen molar-refractivity contribution in [3.05, 3.63) is 52.8 Å². The molecule has 1 aliphatic heterocycles. The van der Waals surface area contributed by atoms with Gasteiger partial charge in [-0.1, -0.05) is 12.1 Å². The summed E-state index contributed by atoms with van der Waals surface area (Å²) in [6.45, 7) is 0.468. The minimum atomic E-state index is -3.56. The highest BCUT2D eigenvalue weighted by atomic mass is 79.9. The molecule has 9 heteroatoms. The molecule has 1 aliphatic rings. The van der Waals surface area contributed by atoms with Gasteiger partial charge in [0, 0.05) is 16.7 Å². The van der Waals surface area contributed by atoms with Gasteiger partial charge in [0.05, 0.1) is 18.0 Å². The SMILES string of the molecule is NC(=O)c1cc(OC2CN(S(=O)(=O)c3ccccc3Br)C2)ccn1. The van der Waals surface area contributed by atoms with E-state index in [0.717, 1.165) is 0 Å². The van der Waals surface area contributed by atoms with Crippen LogP contribution in [0.5, 0.6) is 5.75 Å². The van der Waals surface area contributed by atoms with Gasteiger partial charge < -0.3 is 10.5 Å². The Morgan fingerprint density at radius 2 is 2.00 bits per heavy atom. The fraction of sp³-hybridized carbons (Fsp3) is 0.200. The first kappa shape index (κ1) is 16.9. The van der Waals surface area contributed by atoms with E-state index in [1.54, 1.807) is 30.3 Å². The van der Waals surface area contributed by atoms with Gasteiger partial charge in [-0.3, -0.25) is 9.78 Å². The first-order valence-electron chi connectivity index (χ1n) is 7.05. The standard InChI is InChI=1S/C15H14BrN3O4S/c16-12-3-1-2-4-14(12)24(21,22)19-8-11(9-19)23-10-5-6-18-13(7-10)15(17)20/h1-7,11H,8-9H2,(H2,17,20). The molecule has 2 heterocycles. The highest BCUT2D eigenvalue weighted by molar-refractivity contribution is 9.10. The number of benzene rings is 1. The zero-order valence-corrected chi connectivity index (χ0v) is 14.8. The lowest BCUT2D eigenvalue weighted by molar-refractivity contribution is 0.0758. The predicted octanol–water partition coefficient (Wildman–Crippen LogP) is 1.39. The van der Waals surface area contributed by atoms with Crippen LogP contribution in [-0.2, 0) is 10.0 Å². The number of nitrogens with two attached hydrogens (primary N) is 1. The van der Waals surface area contributed by atoms with E-state index in [1.807, 2.05) is 0 Å². The van der Waals surface area contributed by atoms with Crippen LogP contribution in [0.3, 0.4) is 0 Å². The molecule has 1 fully saturated rings. The van der Waals surface area contributed by atoms with E-state index in [1.165, 1.54) is 16.6 Å². The summed E-state index contributed by atoms with van der Waals surface area (Å²) in [5.74, 6) is -0.214. The molecule has 24 heavy (non-hydrogen) atoms. The molecule has 0 atom stereocenters. The monoisotopic (exact) mass is 411 g/mol. The van der Waals surface area contributed by atoms with Gasteiger partial charge >= 0.3 is 0 Å². The quantitative estimate of drug-likeness (QED) is 0.800. The molecule has 0 aliphatic carbocycles. The number of pyridine rings is 1. The van der Waals surface area contributed by atoms with E-state index in [0.29, 0.717) is 10.2 Å². The number of sulfonamides is 1. The van der Waals surface area contributed by atoms with Gasteiger partial charge in [-0.2, -0.15) is 4.31 Å². The normalized spacial score (nSPS) is 15.7. The van der Waals surface area contributed by atoms with E-state index < -0.39 is 15.9 Å². The zero-order valence-electron chi connectivity index (χ0n) is 12.4. The van der Waals surface area contributed by atoms with Gasteiger partial charge in [0.25, 0.3) is 5.91 Å². The Kier molecular flexibility index (Phi) is 4.57. The van der Waals surface area contributed by atoms with Crippen LogP contribution in [0, 0.1) is 0 Å². The van der Waals surface area contributed by atoms with Crippen LogP contribution < -0.4 is 10.5 Å². The number of hydrogen-bond donors (Lipinski definition) is 1. The third-order valence-electron chi connectivity index (χ3n) is 3.56. The summed E-state index contributed by atoms with van der Waals surface area (Å²) in [6, 6.07) is 9.70. The van der Waals surface area contributed by atoms with Crippen molar-refractivity contribution in [2.24, 2.45) is 5.73 Å². The van der Waals surface area contributed by atoms with Crippen LogP contribution >= 0.6 is 15.9 Å². The number of rotatable bonds is 5. The van der Waals surface area contributed by atoms with Crippen LogP contribution in [0.2, 0.25) is 0 Å². The highest BCUT2D eigenvalue weighted by Crippen LogP contribution is 2.29. The van der Waals surface area contributed by atoms with Crippen molar-refractivity contribution in [1.29, 1.82) is 0 Å². The Morgan fingerprint density at radius 1 is 1.29 bits per heavy atom. The lowest BCUT2D eigenvalue weighted by Crippen LogP contribution is -2.56. The zero-order chi connectivity index (χ0) is 17.3. The average molecular weight is 412 g/mol. The van der Waals surface area contributed by atoms with Crippen molar-refractivity contribution in [1.82, 2.24) is 9.29 Å². The van der Waals surface area contributed by atoms with Crippen molar-refractivity contribution < 1.29 is 17.9 Å². The van der Waals surface area contributed by atoms with Gasteiger partial charge in [0.1, 0.15) is 17.5 Å². The van der Waals surface area contributed by atoms with E-state index in [2.05, 4.69) is 20.9 Å². The summed E-state index contributed by atoms with van der Waals surface area (Å²) in [5.41, 5.74) is 5.27. The molecule has 7 nitrogen and oxygen atoms in total. The number of nitrogens with zero attached hydrogens (tertiary/aromatic N) is 2. The first-order valence-corrected chi connectivity index (χ1v) is 9.28. The van der Waals surface area contributed by atoms with Crippen molar-refractivity contribution >= 4 is 31.9 Å². The number of amides is 1. The summed E-state index contributed by atoms with van der Waals surface area (Å²) in [6.07, 6.45) is 1.13. The molecule has 1 aromatic heterocycles. The van der Waals surface area contributed by atoms with E-state index >= 15 is 0 Å². The van der Waals surface area contributed by atoms with Gasteiger partial charge in [0.2, 0.25) is 10.0 Å². The van der Waals surface area contributed by atoms with E-state index in [4.69, 9.17) is 10.5 Å².